The van der Waals surface area contributed by atoms with E-state index in [0.717, 1.165) is 36.3 Å². The molecule has 1 saturated carbocycles. The van der Waals surface area contributed by atoms with Crippen LogP contribution in [-0.2, 0) is 13.6 Å². The van der Waals surface area contributed by atoms with Gasteiger partial charge in [-0.3, -0.25) is 0 Å². The number of ether oxygens (including phenoxy) is 3. The molecule has 1 fully saturated rings. The largest absolute Gasteiger partial charge is 0.541 e. The molecule has 6 nitrogen and oxygen atoms in total. The summed E-state index contributed by atoms with van der Waals surface area (Å²) in [6.45, 7) is 37.8. The summed E-state index contributed by atoms with van der Waals surface area (Å²) in [6, 6.07) is 4.13. The molecule has 0 spiro atoms. The molecule has 1 aliphatic heterocycles. The van der Waals surface area contributed by atoms with Crippen LogP contribution in [0.15, 0.2) is 29.9 Å². The predicted molar refractivity (Wildman–Crippen MR) is 208 cm³/mol. The van der Waals surface area contributed by atoms with E-state index in [2.05, 4.69) is 133 Å². The van der Waals surface area contributed by atoms with E-state index in [-0.39, 0.29) is 39.3 Å². The van der Waals surface area contributed by atoms with Gasteiger partial charge in [-0.1, -0.05) is 81.4 Å². The highest BCUT2D eigenvalue weighted by Crippen LogP contribution is 2.61. The molecule has 272 valence electrons. The van der Waals surface area contributed by atoms with Crippen LogP contribution in [0, 0.1) is 11.3 Å². The summed E-state index contributed by atoms with van der Waals surface area (Å²) in [5.41, 5.74) is 1.38. The van der Waals surface area contributed by atoms with Crippen LogP contribution in [0.25, 0.3) is 6.08 Å². The molecular weight excluding hydrogens is 649 g/mol. The van der Waals surface area contributed by atoms with Crippen LogP contribution in [0.2, 0.25) is 54.4 Å². The van der Waals surface area contributed by atoms with Crippen LogP contribution in [-0.4, -0.2) is 57.2 Å². The Morgan fingerprint density at radius 1 is 0.833 bits per heavy atom. The van der Waals surface area contributed by atoms with E-state index in [4.69, 9.17) is 27.5 Å². The number of benzene rings is 1. The SMILES string of the molecule is COCOc1c(O[Si](C)(C)C(C)(C)C)ccc2c1C=C1C=C[C@]3(C)[C@@H](O[Si](C)(C)C(C)(C)C)CC[C@H]3[C@]1(CCO[Si](C)(C)C(C)(C)C)O2. The van der Waals surface area contributed by atoms with Crippen molar-refractivity contribution in [2.75, 3.05) is 20.5 Å². The number of methoxy groups -OCH3 is 1. The number of hydrogen-bond donors (Lipinski definition) is 0. The van der Waals surface area contributed by atoms with Gasteiger partial charge in [-0.25, -0.2) is 0 Å². The molecule has 0 amide bonds. The molecule has 0 unspecified atom stereocenters. The standard InChI is InChI=1S/C39H68O6Si3/c1-35(2,3)46(12,13)42-25-24-39-28(22-23-38(10)32(39)20-21-33(38)45-48(16,17)37(7,8)9)26-29-30(43-39)18-19-31(34(29)41-27-40-11)44-47(14,15)36(4,5)6/h18-19,22-23,26,32-33H,20-21,24-25,27H2,1-17H3/t32-,33+,38+,39-/m1/s1. The zero-order chi connectivity index (χ0) is 36.4. The van der Waals surface area contributed by atoms with Gasteiger partial charge in [-0.05, 0) is 91.0 Å². The average molecular weight is 717 g/mol. The first-order valence-corrected chi connectivity index (χ1v) is 26.8. The van der Waals surface area contributed by atoms with Crippen molar-refractivity contribution in [3.8, 4) is 17.2 Å². The second kappa shape index (κ2) is 13.0. The molecule has 1 heterocycles. The van der Waals surface area contributed by atoms with E-state index < -0.39 is 30.6 Å². The molecule has 2 aliphatic carbocycles. The Balaban J connectivity index is 1.84. The van der Waals surface area contributed by atoms with E-state index in [9.17, 15) is 0 Å². The molecule has 1 aromatic carbocycles. The number of hydrogen-bond acceptors (Lipinski definition) is 6. The lowest BCUT2D eigenvalue weighted by Gasteiger charge is -2.53. The van der Waals surface area contributed by atoms with Crippen molar-refractivity contribution >= 4 is 31.0 Å². The summed E-state index contributed by atoms with van der Waals surface area (Å²) in [6.07, 6.45) is 10.0. The van der Waals surface area contributed by atoms with Crippen molar-refractivity contribution in [3.63, 3.8) is 0 Å². The predicted octanol–water partition coefficient (Wildman–Crippen LogP) is 11.4. The molecule has 3 aliphatic rings. The fraction of sp³-hybridized carbons (Fsp3) is 0.744. The Bertz CT molecular complexity index is 1390. The highest BCUT2D eigenvalue weighted by molar-refractivity contribution is 6.75. The van der Waals surface area contributed by atoms with Gasteiger partial charge in [0.15, 0.2) is 29.2 Å². The molecular formula is C39H68O6Si3. The quantitative estimate of drug-likeness (QED) is 0.168. The lowest BCUT2D eigenvalue weighted by Crippen LogP contribution is -2.57. The average Bonchev–Trinajstić information content (AvgIpc) is 3.25. The van der Waals surface area contributed by atoms with Gasteiger partial charge in [0.2, 0.25) is 0 Å². The van der Waals surface area contributed by atoms with Crippen molar-refractivity contribution in [2.24, 2.45) is 11.3 Å². The van der Waals surface area contributed by atoms with E-state index in [0.29, 0.717) is 12.4 Å². The second-order valence-corrected chi connectivity index (χ2v) is 33.7. The first-order valence-electron chi connectivity index (χ1n) is 18.1. The Hall–Kier alpha value is -1.37. The normalized spacial score (nSPS) is 26.3. The maximum atomic E-state index is 7.43. The highest BCUT2D eigenvalue weighted by atomic mass is 28.4. The van der Waals surface area contributed by atoms with E-state index in [1.54, 1.807) is 7.11 Å². The lowest BCUT2D eigenvalue weighted by molar-refractivity contribution is -0.0364. The van der Waals surface area contributed by atoms with Crippen molar-refractivity contribution < 1.29 is 27.5 Å². The molecule has 0 N–H and O–H groups in total. The zero-order valence-electron chi connectivity index (χ0n) is 33.5. The molecule has 4 atom stereocenters. The molecule has 0 saturated heterocycles. The maximum Gasteiger partial charge on any atom is 0.250 e. The molecule has 0 aromatic heterocycles. The summed E-state index contributed by atoms with van der Waals surface area (Å²) < 4.78 is 40.1. The zero-order valence-corrected chi connectivity index (χ0v) is 36.5. The van der Waals surface area contributed by atoms with Crippen molar-refractivity contribution in [3.05, 3.63) is 35.4 Å². The molecule has 48 heavy (non-hydrogen) atoms. The van der Waals surface area contributed by atoms with Gasteiger partial charge < -0.3 is 27.5 Å². The van der Waals surface area contributed by atoms with Gasteiger partial charge in [0.1, 0.15) is 17.1 Å². The number of rotatable bonds is 11. The number of fused-ring (bicyclic) bond motifs is 4. The summed E-state index contributed by atoms with van der Waals surface area (Å²) in [5, 5.41) is 0.314. The van der Waals surface area contributed by atoms with Crippen LogP contribution in [0.4, 0.5) is 0 Å². The van der Waals surface area contributed by atoms with Crippen molar-refractivity contribution in [1.29, 1.82) is 0 Å². The van der Waals surface area contributed by atoms with Gasteiger partial charge in [0.25, 0.3) is 8.32 Å². The highest BCUT2D eigenvalue weighted by Gasteiger charge is 2.61. The van der Waals surface area contributed by atoms with Crippen LogP contribution in [0.3, 0.4) is 0 Å². The fourth-order valence-corrected chi connectivity index (χ4v) is 10.2. The minimum atomic E-state index is -2.15. The molecule has 4 rings (SSSR count). The first-order chi connectivity index (χ1) is 21.7. The van der Waals surface area contributed by atoms with Crippen molar-refractivity contribution in [1.82, 2.24) is 0 Å². The van der Waals surface area contributed by atoms with Crippen LogP contribution >= 0.6 is 0 Å². The summed E-state index contributed by atoms with van der Waals surface area (Å²) >= 11 is 0. The Kier molecular flexibility index (Phi) is 10.7. The van der Waals surface area contributed by atoms with Crippen LogP contribution < -0.4 is 13.9 Å². The molecule has 1 aromatic rings. The summed E-state index contributed by atoms with van der Waals surface area (Å²) in [5.74, 6) is 2.50. The van der Waals surface area contributed by atoms with Crippen LogP contribution in [0.1, 0.15) is 94.1 Å². The maximum absolute atomic E-state index is 7.43. The third-order valence-electron chi connectivity index (χ3n) is 13.0. The molecule has 0 radical (unpaired) electrons. The summed E-state index contributed by atoms with van der Waals surface area (Å²) in [7, 11) is -4.46. The summed E-state index contributed by atoms with van der Waals surface area (Å²) in [4.78, 5) is 0. The Morgan fingerprint density at radius 3 is 2.00 bits per heavy atom. The molecule has 0 bridgehead atoms. The monoisotopic (exact) mass is 716 g/mol. The minimum Gasteiger partial charge on any atom is -0.541 e. The van der Waals surface area contributed by atoms with Gasteiger partial charge in [0, 0.05) is 31.5 Å². The van der Waals surface area contributed by atoms with E-state index >= 15 is 0 Å². The van der Waals surface area contributed by atoms with E-state index in [1.807, 2.05) is 6.07 Å². The van der Waals surface area contributed by atoms with Crippen LogP contribution in [0.5, 0.6) is 17.2 Å². The minimum absolute atomic E-state index is 0.0394. The Morgan fingerprint density at radius 2 is 1.44 bits per heavy atom. The van der Waals surface area contributed by atoms with Gasteiger partial charge in [0.05, 0.1) is 11.7 Å². The Labute approximate surface area is 296 Å². The van der Waals surface area contributed by atoms with E-state index in [1.165, 1.54) is 5.57 Å². The molecule has 9 heteroatoms. The second-order valence-electron chi connectivity index (χ2n) is 19.4. The smallest absolute Gasteiger partial charge is 0.250 e. The lowest BCUT2D eigenvalue weighted by atomic mass is 9.61. The van der Waals surface area contributed by atoms with Gasteiger partial charge in [-0.2, -0.15) is 0 Å². The third-order valence-corrected chi connectivity index (χ3v) is 26.4. The van der Waals surface area contributed by atoms with Gasteiger partial charge >= 0.3 is 0 Å². The third kappa shape index (κ3) is 7.20. The first kappa shape index (κ1) is 39.4. The topological polar surface area (TPSA) is 55.4 Å². The fourth-order valence-electron chi connectivity index (χ4n) is 6.71. The van der Waals surface area contributed by atoms with Crippen molar-refractivity contribution in [2.45, 2.75) is 155 Å². The van der Waals surface area contributed by atoms with Gasteiger partial charge in [-0.15, -0.1) is 0 Å².